The van der Waals surface area contributed by atoms with Crippen LogP contribution in [0.15, 0.2) is 41.8 Å². The molecule has 0 aliphatic carbocycles. The third kappa shape index (κ3) is 3.93. The summed E-state index contributed by atoms with van der Waals surface area (Å²) in [6.07, 6.45) is -4.36. The second kappa shape index (κ2) is 5.58. The Morgan fingerprint density at radius 3 is 2.53 bits per heavy atom. The van der Waals surface area contributed by atoms with Gasteiger partial charge in [-0.05, 0) is 47.9 Å². The molecule has 100 valence electrons. The third-order valence-corrected chi connectivity index (χ3v) is 3.20. The maximum atomic E-state index is 12.5. The monoisotopic (exact) mass is 302 g/mol. The predicted octanol–water partition coefficient (Wildman–Crippen LogP) is 4.58. The highest BCUT2D eigenvalue weighted by atomic mass is 32.1. The van der Waals surface area contributed by atoms with E-state index in [0.717, 1.165) is 17.1 Å². The molecule has 0 aliphatic heterocycles. The normalized spacial score (nSPS) is 11.1. The summed E-state index contributed by atoms with van der Waals surface area (Å²) in [5.74, 6) is 0. The number of rotatable bonds is 2. The molecule has 7 heteroatoms. The van der Waals surface area contributed by atoms with Gasteiger partial charge in [0, 0.05) is 5.69 Å². The molecule has 0 bridgehead atoms. The Labute approximate surface area is 117 Å². The molecule has 0 amide bonds. The van der Waals surface area contributed by atoms with Gasteiger partial charge in [-0.3, -0.25) is 0 Å². The van der Waals surface area contributed by atoms with Crippen LogP contribution in [0.5, 0.6) is 0 Å². The quantitative estimate of drug-likeness (QED) is 0.794. The molecule has 1 aromatic carbocycles. The van der Waals surface area contributed by atoms with Crippen LogP contribution in [0.4, 0.5) is 23.9 Å². The predicted molar refractivity (Wildman–Crippen MR) is 75.6 cm³/mol. The van der Waals surface area contributed by atoms with Crippen LogP contribution in [-0.2, 0) is 6.18 Å². The summed E-state index contributed by atoms with van der Waals surface area (Å²) in [4.78, 5) is 0. The maximum absolute atomic E-state index is 12.5. The zero-order chi connectivity index (χ0) is 13.9. The van der Waals surface area contributed by atoms with E-state index in [1.807, 2.05) is 17.5 Å². The summed E-state index contributed by atoms with van der Waals surface area (Å²) in [5, 5.41) is 8.55. The van der Waals surface area contributed by atoms with Gasteiger partial charge in [0.05, 0.1) is 10.6 Å². The number of nitrogens with one attached hydrogen (secondary N) is 2. The van der Waals surface area contributed by atoms with E-state index >= 15 is 0 Å². The lowest BCUT2D eigenvalue weighted by atomic mass is 10.2. The molecular formula is C12H9F3N2S2. The van der Waals surface area contributed by atoms with Gasteiger partial charge >= 0.3 is 6.18 Å². The maximum Gasteiger partial charge on any atom is 0.416 e. The van der Waals surface area contributed by atoms with Crippen molar-refractivity contribution in [1.82, 2.24) is 0 Å². The molecule has 2 aromatic rings. The number of thiophene rings is 1. The van der Waals surface area contributed by atoms with Crippen molar-refractivity contribution in [2.45, 2.75) is 6.18 Å². The first-order valence-electron chi connectivity index (χ1n) is 5.24. The van der Waals surface area contributed by atoms with E-state index in [2.05, 4.69) is 10.6 Å². The summed E-state index contributed by atoms with van der Waals surface area (Å²) in [6.45, 7) is 0. The highest BCUT2D eigenvalue weighted by Gasteiger charge is 2.30. The second-order valence-corrected chi connectivity index (χ2v) is 4.99. The number of hydrogen-bond acceptors (Lipinski definition) is 2. The summed E-state index contributed by atoms with van der Waals surface area (Å²) >= 11 is 6.47. The largest absolute Gasteiger partial charge is 0.416 e. The number of benzene rings is 1. The van der Waals surface area contributed by atoms with Crippen molar-refractivity contribution in [2.75, 3.05) is 10.6 Å². The highest BCUT2D eigenvalue weighted by Crippen LogP contribution is 2.30. The van der Waals surface area contributed by atoms with Crippen molar-refractivity contribution >= 4 is 39.4 Å². The Bertz CT molecular complexity index is 565. The van der Waals surface area contributed by atoms with Crippen LogP contribution in [0.3, 0.4) is 0 Å². The van der Waals surface area contributed by atoms with Gasteiger partial charge in [-0.15, -0.1) is 11.3 Å². The Morgan fingerprint density at radius 1 is 1.11 bits per heavy atom. The molecular weight excluding hydrogens is 293 g/mol. The smallest absolute Gasteiger partial charge is 0.332 e. The van der Waals surface area contributed by atoms with E-state index in [1.165, 1.54) is 23.5 Å². The lowest BCUT2D eigenvalue weighted by molar-refractivity contribution is -0.137. The average Bonchev–Trinajstić information content (AvgIpc) is 2.80. The fraction of sp³-hybridized carbons (Fsp3) is 0.0833. The fourth-order valence-corrected chi connectivity index (χ4v) is 2.31. The molecule has 0 fully saturated rings. The van der Waals surface area contributed by atoms with Gasteiger partial charge in [0.2, 0.25) is 0 Å². The Balaban J connectivity index is 2.05. The molecule has 0 aliphatic rings. The minimum absolute atomic E-state index is 0.252. The molecule has 1 aromatic heterocycles. The first-order valence-corrected chi connectivity index (χ1v) is 6.53. The number of halogens is 3. The van der Waals surface area contributed by atoms with Crippen LogP contribution >= 0.6 is 23.6 Å². The summed E-state index contributed by atoms with van der Waals surface area (Å²) < 4.78 is 37.6. The number of hydrogen-bond donors (Lipinski definition) is 2. The van der Waals surface area contributed by atoms with Crippen molar-refractivity contribution < 1.29 is 13.2 Å². The van der Waals surface area contributed by atoms with Crippen molar-refractivity contribution in [1.29, 1.82) is 0 Å². The Morgan fingerprint density at radius 2 is 1.89 bits per heavy atom. The Hall–Kier alpha value is -1.60. The third-order valence-electron chi connectivity index (χ3n) is 2.21. The molecule has 0 unspecified atom stereocenters. The van der Waals surface area contributed by atoms with E-state index in [4.69, 9.17) is 12.2 Å². The van der Waals surface area contributed by atoms with E-state index in [0.29, 0.717) is 5.69 Å². The van der Waals surface area contributed by atoms with Gasteiger partial charge in [0.1, 0.15) is 0 Å². The molecule has 1 heterocycles. The van der Waals surface area contributed by atoms with Crippen LogP contribution in [0.25, 0.3) is 0 Å². The molecule has 0 saturated carbocycles. The van der Waals surface area contributed by atoms with Crippen molar-refractivity contribution in [3.8, 4) is 0 Å². The second-order valence-electron chi connectivity index (χ2n) is 3.63. The molecule has 0 atom stereocenters. The molecule has 2 nitrogen and oxygen atoms in total. The van der Waals surface area contributed by atoms with Gasteiger partial charge in [-0.1, -0.05) is 6.07 Å². The first-order chi connectivity index (χ1) is 8.95. The van der Waals surface area contributed by atoms with E-state index in [9.17, 15) is 13.2 Å². The van der Waals surface area contributed by atoms with Gasteiger partial charge in [0.25, 0.3) is 0 Å². The lowest BCUT2D eigenvalue weighted by Crippen LogP contribution is -2.18. The van der Waals surface area contributed by atoms with E-state index < -0.39 is 11.7 Å². The zero-order valence-corrected chi connectivity index (χ0v) is 11.1. The summed E-state index contributed by atoms with van der Waals surface area (Å²) in [7, 11) is 0. The van der Waals surface area contributed by atoms with E-state index in [1.54, 1.807) is 0 Å². The van der Waals surface area contributed by atoms with Crippen molar-refractivity contribution in [3.63, 3.8) is 0 Å². The average molecular weight is 302 g/mol. The number of anilines is 2. The highest BCUT2D eigenvalue weighted by molar-refractivity contribution is 7.80. The Kier molecular flexibility index (Phi) is 4.06. The van der Waals surface area contributed by atoms with Crippen molar-refractivity contribution in [3.05, 3.63) is 47.3 Å². The van der Waals surface area contributed by atoms with Gasteiger partial charge < -0.3 is 10.6 Å². The number of alkyl halides is 3. The van der Waals surface area contributed by atoms with Crippen LogP contribution in [-0.4, -0.2) is 5.11 Å². The van der Waals surface area contributed by atoms with Crippen LogP contribution < -0.4 is 10.6 Å². The summed E-state index contributed by atoms with van der Waals surface area (Å²) in [6, 6.07) is 8.56. The topological polar surface area (TPSA) is 24.1 Å². The first kappa shape index (κ1) is 13.8. The van der Waals surface area contributed by atoms with E-state index in [-0.39, 0.29) is 5.11 Å². The fourth-order valence-electron chi connectivity index (χ4n) is 1.40. The van der Waals surface area contributed by atoms with Gasteiger partial charge in [0.15, 0.2) is 5.11 Å². The molecule has 2 rings (SSSR count). The molecule has 0 saturated heterocycles. The minimum atomic E-state index is -4.36. The minimum Gasteiger partial charge on any atom is -0.332 e. The zero-order valence-electron chi connectivity index (χ0n) is 9.49. The number of thiocarbonyl (C=S) groups is 1. The van der Waals surface area contributed by atoms with Gasteiger partial charge in [-0.25, -0.2) is 0 Å². The molecule has 2 N–H and O–H groups in total. The van der Waals surface area contributed by atoms with Crippen LogP contribution in [0, 0.1) is 0 Å². The SMILES string of the molecule is FC(F)(F)c1cccc(NC(=S)Nc2cccs2)c1. The molecule has 19 heavy (non-hydrogen) atoms. The molecule has 0 spiro atoms. The van der Waals surface area contributed by atoms with Crippen molar-refractivity contribution in [2.24, 2.45) is 0 Å². The van der Waals surface area contributed by atoms with Crippen LogP contribution in [0.1, 0.15) is 5.56 Å². The molecule has 0 radical (unpaired) electrons. The standard InChI is InChI=1S/C12H9F3N2S2/c13-12(14,15)8-3-1-4-9(7-8)16-11(18)17-10-5-2-6-19-10/h1-7H,(H2,16,17,18). The summed E-state index contributed by atoms with van der Waals surface area (Å²) in [5.41, 5.74) is -0.416. The van der Waals surface area contributed by atoms with Crippen LogP contribution in [0.2, 0.25) is 0 Å². The lowest BCUT2D eigenvalue weighted by Gasteiger charge is -2.11. The van der Waals surface area contributed by atoms with Gasteiger partial charge in [-0.2, -0.15) is 13.2 Å².